The highest BCUT2D eigenvalue weighted by atomic mass is 19.3. The van der Waals surface area contributed by atoms with Gasteiger partial charge in [-0.2, -0.15) is 17.6 Å². The minimum absolute atomic E-state index is 0.125. The Hall–Kier alpha value is -2.19. The maximum Gasteiger partial charge on any atom is 0.345 e. The maximum atomic E-state index is 14.1. The Bertz CT molecular complexity index is 767. The zero-order valence-electron chi connectivity index (χ0n) is 11.7. The Morgan fingerprint density at radius 1 is 0.667 bits per heavy atom. The molecule has 130 valence electrons. The monoisotopic (exact) mass is 358 g/mol. The van der Waals surface area contributed by atoms with Crippen molar-refractivity contribution in [1.82, 2.24) is 0 Å². The van der Waals surface area contributed by atoms with Crippen LogP contribution in [0.5, 0.6) is 0 Å². The van der Waals surface area contributed by atoms with Crippen molar-refractivity contribution in [3.63, 3.8) is 0 Å². The zero-order chi connectivity index (χ0) is 18.4. The van der Waals surface area contributed by atoms with Crippen LogP contribution in [0, 0.1) is 36.0 Å². The molecule has 0 bridgehead atoms. The quantitative estimate of drug-likeness (QED) is 0.382. The molecule has 0 aliphatic rings. The van der Waals surface area contributed by atoms with Crippen LogP contribution >= 0.6 is 0 Å². The summed E-state index contributed by atoms with van der Waals surface area (Å²) in [5.41, 5.74) is -4.10. The third-order valence-corrected chi connectivity index (χ3v) is 3.30. The SMILES string of the molecule is Cc1cccc(C(F)(F)C(F)(F)c2c(F)c(F)c(F)c(F)c2F)c1. The summed E-state index contributed by atoms with van der Waals surface area (Å²) in [6.07, 6.45) is 0. The van der Waals surface area contributed by atoms with Gasteiger partial charge in [0.2, 0.25) is 5.82 Å². The van der Waals surface area contributed by atoms with Crippen LogP contribution in [0.4, 0.5) is 39.5 Å². The molecule has 2 rings (SSSR count). The molecule has 0 unspecified atom stereocenters. The van der Waals surface area contributed by atoms with Gasteiger partial charge in [-0.1, -0.05) is 23.8 Å². The van der Waals surface area contributed by atoms with E-state index in [1.807, 2.05) is 0 Å². The average Bonchev–Trinajstić information content (AvgIpc) is 2.50. The van der Waals surface area contributed by atoms with Crippen molar-refractivity contribution in [2.24, 2.45) is 0 Å². The number of hydrogen-bond acceptors (Lipinski definition) is 0. The Morgan fingerprint density at radius 3 is 1.58 bits per heavy atom. The fourth-order valence-electron chi connectivity index (χ4n) is 2.06. The molecule has 0 fully saturated rings. The highest BCUT2D eigenvalue weighted by molar-refractivity contribution is 5.35. The summed E-state index contributed by atoms with van der Waals surface area (Å²) in [5.74, 6) is -25.1. The number of rotatable bonds is 3. The van der Waals surface area contributed by atoms with E-state index in [0.717, 1.165) is 6.07 Å². The van der Waals surface area contributed by atoms with Gasteiger partial charge in [0, 0.05) is 5.56 Å². The molecule has 24 heavy (non-hydrogen) atoms. The van der Waals surface area contributed by atoms with Crippen LogP contribution in [0.15, 0.2) is 24.3 Å². The molecule has 2 aromatic carbocycles. The van der Waals surface area contributed by atoms with Crippen molar-refractivity contribution in [2.75, 3.05) is 0 Å². The minimum Gasteiger partial charge on any atom is -0.203 e. The van der Waals surface area contributed by atoms with E-state index in [1.165, 1.54) is 13.0 Å². The van der Waals surface area contributed by atoms with E-state index in [-0.39, 0.29) is 5.56 Å². The van der Waals surface area contributed by atoms with Crippen molar-refractivity contribution in [2.45, 2.75) is 18.8 Å². The van der Waals surface area contributed by atoms with E-state index in [9.17, 15) is 39.5 Å². The molecule has 0 saturated heterocycles. The molecule has 0 saturated carbocycles. The second-order valence-electron chi connectivity index (χ2n) is 4.96. The topological polar surface area (TPSA) is 0 Å². The second kappa shape index (κ2) is 5.71. The van der Waals surface area contributed by atoms with Crippen molar-refractivity contribution < 1.29 is 39.5 Å². The van der Waals surface area contributed by atoms with Gasteiger partial charge in [0.15, 0.2) is 23.3 Å². The molecule has 0 atom stereocenters. The van der Waals surface area contributed by atoms with E-state index < -0.39 is 52.1 Å². The van der Waals surface area contributed by atoms with Crippen LogP contribution in [0.2, 0.25) is 0 Å². The maximum absolute atomic E-state index is 14.1. The lowest BCUT2D eigenvalue weighted by Gasteiger charge is -2.28. The van der Waals surface area contributed by atoms with Gasteiger partial charge >= 0.3 is 11.8 Å². The summed E-state index contributed by atoms with van der Waals surface area (Å²) >= 11 is 0. The highest BCUT2D eigenvalue weighted by Gasteiger charge is 2.62. The first kappa shape index (κ1) is 18.2. The number of benzene rings is 2. The van der Waals surface area contributed by atoms with Gasteiger partial charge in [-0.25, -0.2) is 22.0 Å². The molecule has 0 heterocycles. The molecule has 0 aromatic heterocycles. The first-order chi connectivity index (χ1) is 10.9. The van der Waals surface area contributed by atoms with E-state index in [0.29, 0.717) is 12.1 Å². The highest BCUT2D eigenvalue weighted by Crippen LogP contribution is 2.51. The van der Waals surface area contributed by atoms with Crippen molar-refractivity contribution >= 4 is 0 Å². The van der Waals surface area contributed by atoms with Gasteiger partial charge in [0.25, 0.3) is 0 Å². The molecule has 2 aromatic rings. The summed E-state index contributed by atoms with van der Waals surface area (Å²) < 4.78 is 122. The van der Waals surface area contributed by atoms with Gasteiger partial charge in [0.05, 0.1) is 0 Å². The zero-order valence-corrected chi connectivity index (χ0v) is 11.7. The normalized spacial score (nSPS) is 12.6. The third-order valence-electron chi connectivity index (χ3n) is 3.30. The lowest BCUT2D eigenvalue weighted by atomic mass is 9.94. The fraction of sp³-hybridized carbons (Fsp3) is 0.200. The van der Waals surface area contributed by atoms with E-state index >= 15 is 0 Å². The number of hydrogen-bond donors (Lipinski definition) is 0. The molecule has 0 N–H and O–H groups in total. The van der Waals surface area contributed by atoms with Crippen LogP contribution in [-0.4, -0.2) is 0 Å². The molecule has 0 radical (unpaired) electrons. The lowest BCUT2D eigenvalue weighted by molar-refractivity contribution is -0.227. The molecule has 0 aliphatic heterocycles. The first-order valence-corrected chi connectivity index (χ1v) is 6.27. The van der Waals surface area contributed by atoms with Crippen LogP contribution < -0.4 is 0 Å². The van der Waals surface area contributed by atoms with Crippen molar-refractivity contribution in [3.05, 3.63) is 70.0 Å². The van der Waals surface area contributed by atoms with Crippen LogP contribution in [0.3, 0.4) is 0 Å². The van der Waals surface area contributed by atoms with Crippen LogP contribution in [-0.2, 0) is 11.8 Å². The Balaban J connectivity index is 2.75. The summed E-state index contributed by atoms with van der Waals surface area (Å²) in [7, 11) is 0. The Morgan fingerprint density at radius 2 is 1.12 bits per heavy atom. The molecule has 0 spiro atoms. The van der Waals surface area contributed by atoms with E-state index in [1.54, 1.807) is 0 Å². The first-order valence-electron chi connectivity index (χ1n) is 6.27. The second-order valence-corrected chi connectivity index (χ2v) is 4.96. The summed E-state index contributed by atoms with van der Waals surface area (Å²) in [6, 6.07) is 3.43. The fourth-order valence-corrected chi connectivity index (χ4v) is 2.06. The van der Waals surface area contributed by atoms with Gasteiger partial charge in [-0.05, 0) is 13.0 Å². The van der Waals surface area contributed by atoms with E-state index in [2.05, 4.69) is 0 Å². The van der Waals surface area contributed by atoms with Gasteiger partial charge < -0.3 is 0 Å². The summed E-state index contributed by atoms with van der Waals surface area (Å²) in [6.45, 7) is 1.29. The summed E-state index contributed by atoms with van der Waals surface area (Å²) in [5, 5.41) is 0. The molecule has 0 amide bonds. The number of aryl methyl sites for hydroxylation is 1. The summed E-state index contributed by atoms with van der Waals surface area (Å²) in [4.78, 5) is 0. The van der Waals surface area contributed by atoms with Crippen molar-refractivity contribution in [3.8, 4) is 0 Å². The predicted octanol–water partition coefficient (Wildman–Crippen LogP) is 5.57. The predicted molar refractivity (Wildman–Crippen MR) is 65.2 cm³/mol. The molecular formula is C15H7F9. The molecular weight excluding hydrogens is 351 g/mol. The number of alkyl halides is 4. The number of halogens is 9. The smallest absolute Gasteiger partial charge is 0.203 e. The van der Waals surface area contributed by atoms with Crippen LogP contribution in [0.25, 0.3) is 0 Å². The van der Waals surface area contributed by atoms with Crippen molar-refractivity contribution in [1.29, 1.82) is 0 Å². The van der Waals surface area contributed by atoms with Gasteiger partial charge in [-0.3, -0.25) is 0 Å². The third kappa shape index (κ3) is 2.51. The van der Waals surface area contributed by atoms with Gasteiger partial charge in [-0.15, -0.1) is 0 Å². The van der Waals surface area contributed by atoms with E-state index in [4.69, 9.17) is 0 Å². The Labute approximate surface area is 129 Å². The van der Waals surface area contributed by atoms with Crippen LogP contribution in [0.1, 0.15) is 16.7 Å². The standard InChI is InChI=1S/C15H7F9/c1-6-3-2-4-7(5-6)14(21,22)15(23,24)8-9(16)11(18)13(20)12(19)10(8)17/h2-5H,1H3. The molecule has 0 aliphatic carbocycles. The van der Waals surface area contributed by atoms with Gasteiger partial charge in [0.1, 0.15) is 5.56 Å². The largest absolute Gasteiger partial charge is 0.345 e. The lowest BCUT2D eigenvalue weighted by Crippen LogP contribution is -2.38. The Kier molecular flexibility index (Phi) is 4.32. The molecule has 0 nitrogen and oxygen atoms in total. The minimum atomic E-state index is -5.69. The molecule has 9 heteroatoms. The average molecular weight is 358 g/mol.